The van der Waals surface area contributed by atoms with E-state index in [4.69, 9.17) is 4.74 Å². The Kier molecular flexibility index (Phi) is 4.90. The zero-order valence-electron chi connectivity index (χ0n) is 12.1. The van der Waals surface area contributed by atoms with Crippen LogP contribution in [-0.2, 0) is 0 Å². The Labute approximate surface area is 143 Å². The van der Waals surface area contributed by atoms with E-state index < -0.39 is 0 Å². The summed E-state index contributed by atoms with van der Waals surface area (Å²) in [6, 6.07) is 12.7. The lowest BCUT2D eigenvalue weighted by molar-refractivity contribution is 0.122. The van der Waals surface area contributed by atoms with E-state index in [0.717, 1.165) is 22.2 Å². The fourth-order valence-electron chi connectivity index (χ4n) is 3.14. The van der Waals surface area contributed by atoms with Crippen LogP contribution in [-0.4, -0.2) is 11.9 Å². The zero-order valence-corrected chi connectivity index (χ0v) is 15.3. The second kappa shape index (κ2) is 6.70. The molecule has 0 spiro atoms. The van der Waals surface area contributed by atoms with Gasteiger partial charge in [0.25, 0.3) is 0 Å². The van der Waals surface area contributed by atoms with Crippen LogP contribution in [0.15, 0.2) is 40.9 Å². The summed E-state index contributed by atoms with van der Waals surface area (Å²) in [4.78, 5) is 0. The quantitative estimate of drug-likeness (QED) is 0.534. The van der Waals surface area contributed by atoms with Crippen molar-refractivity contribution in [3.05, 3.63) is 40.9 Å². The maximum atomic E-state index is 6.14. The Balaban J connectivity index is 1.74. The van der Waals surface area contributed by atoms with E-state index in [9.17, 15) is 0 Å². The number of hydrogen-bond donors (Lipinski definition) is 0. The molecule has 3 rings (SSSR count). The molecule has 0 atom stereocenters. The summed E-state index contributed by atoms with van der Waals surface area (Å²) < 4.78 is 7.25. The number of benzene rings is 2. The monoisotopic (exact) mass is 410 g/mol. The van der Waals surface area contributed by atoms with Crippen LogP contribution >= 0.6 is 31.9 Å². The topological polar surface area (TPSA) is 9.23 Å². The Morgan fingerprint density at radius 1 is 0.952 bits per heavy atom. The van der Waals surface area contributed by atoms with E-state index in [0.29, 0.717) is 5.41 Å². The van der Waals surface area contributed by atoms with Crippen LogP contribution in [0.25, 0.3) is 10.8 Å². The summed E-state index contributed by atoms with van der Waals surface area (Å²) in [6.07, 6.45) is 6.60. The minimum Gasteiger partial charge on any atom is -0.493 e. The molecule has 0 unspecified atom stereocenters. The third kappa shape index (κ3) is 3.62. The van der Waals surface area contributed by atoms with Crippen LogP contribution in [0.1, 0.15) is 32.1 Å². The molecule has 3 heteroatoms. The molecular formula is C18H20Br2O. The second-order valence-corrected chi connectivity index (χ2v) is 7.61. The fraction of sp³-hybridized carbons (Fsp3) is 0.444. The van der Waals surface area contributed by atoms with Crippen LogP contribution in [0.2, 0.25) is 0 Å². The first-order valence-electron chi connectivity index (χ1n) is 7.59. The molecule has 0 bridgehead atoms. The van der Waals surface area contributed by atoms with Crippen molar-refractivity contribution in [1.29, 1.82) is 0 Å². The fourth-order valence-corrected chi connectivity index (χ4v) is 4.24. The molecule has 2 aromatic carbocycles. The first-order chi connectivity index (χ1) is 10.2. The predicted molar refractivity (Wildman–Crippen MR) is 96.5 cm³/mol. The first-order valence-corrected chi connectivity index (χ1v) is 9.50. The third-order valence-corrected chi connectivity index (χ3v) is 6.20. The molecule has 112 valence electrons. The van der Waals surface area contributed by atoms with Gasteiger partial charge in [-0.05, 0) is 47.9 Å². The number of halogens is 2. The van der Waals surface area contributed by atoms with E-state index in [-0.39, 0.29) is 0 Å². The van der Waals surface area contributed by atoms with Crippen molar-refractivity contribution >= 4 is 42.6 Å². The lowest BCUT2D eigenvalue weighted by Gasteiger charge is -2.35. The predicted octanol–water partition coefficient (Wildman–Crippen LogP) is 6.33. The smallest absolute Gasteiger partial charge is 0.119 e. The maximum absolute atomic E-state index is 6.14. The van der Waals surface area contributed by atoms with Crippen molar-refractivity contribution in [2.24, 2.45) is 5.41 Å². The van der Waals surface area contributed by atoms with Crippen LogP contribution in [0.5, 0.6) is 5.75 Å². The summed E-state index contributed by atoms with van der Waals surface area (Å²) in [5.74, 6) is 0.982. The lowest BCUT2D eigenvalue weighted by atomic mass is 9.76. The van der Waals surface area contributed by atoms with Gasteiger partial charge in [0.05, 0.1) is 6.61 Å². The van der Waals surface area contributed by atoms with E-state index in [1.54, 1.807) is 0 Å². The average molecular weight is 412 g/mol. The molecule has 0 saturated heterocycles. The SMILES string of the molecule is BrCC1(COc2ccc3cc(Br)ccc3c2)CCCCC1. The van der Waals surface area contributed by atoms with Crippen molar-refractivity contribution in [2.45, 2.75) is 32.1 Å². The van der Waals surface area contributed by atoms with E-state index >= 15 is 0 Å². The molecule has 2 aromatic rings. The van der Waals surface area contributed by atoms with Gasteiger partial charge < -0.3 is 4.74 Å². The van der Waals surface area contributed by atoms with E-state index in [2.05, 4.69) is 68.3 Å². The molecule has 1 saturated carbocycles. The highest BCUT2D eigenvalue weighted by molar-refractivity contribution is 9.10. The van der Waals surface area contributed by atoms with Gasteiger partial charge in [-0.2, -0.15) is 0 Å². The number of ether oxygens (including phenoxy) is 1. The molecule has 0 aromatic heterocycles. The molecule has 0 radical (unpaired) electrons. The minimum atomic E-state index is 0.326. The normalized spacial score (nSPS) is 17.8. The molecular weight excluding hydrogens is 392 g/mol. The summed E-state index contributed by atoms with van der Waals surface area (Å²) in [5.41, 5.74) is 0.326. The summed E-state index contributed by atoms with van der Waals surface area (Å²) in [6.45, 7) is 0.820. The van der Waals surface area contributed by atoms with Gasteiger partial charge in [-0.25, -0.2) is 0 Å². The molecule has 0 N–H and O–H groups in total. The second-order valence-electron chi connectivity index (χ2n) is 6.14. The van der Waals surface area contributed by atoms with Crippen molar-refractivity contribution in [2.75, 3.05) is 11.9 Å². The standard InChI is InChI=1S/C18H20Br2O/c19-12-18(8-2-1-3-9-18)13-21-17-7-5-14-10-16(20)6-4-15(14)11-17/h4-7,10-11H,1-3,8-9,12-13H2. The minimum absolute atomic E-state index is 0.326. The van der Waals surface area contributed by atoms with Crippen molar-refractivity contribution in [3.8, 4) is 5.75 Å². The van der Waals surface area contributed by atoms with Gasteiger partial charge in [0.15, 0.2) is 0 Å². The van der Waals surface area contributed by atoms with Gasteiger partial charge in [0, 0.05) is 15.2 Å². The van der Waals surface area contributed by atoms with Crippen molar-refractivity contribution in [1.82, 2.24) is 0 Å². The largest absolute Gasteiger partial charge is 0.493 e. The summed E-state index contributed by atoms with van der Waals surface area (Å²) in [7, 11) is 0. The van der Waals surface area contributed by atoms with Crippen molar-refractivity contribution in [3.63, 3.8) is 0 Å². The molecule has 1 aliphatic rings. The van der Waals surface area contributed by atoms with Crippen LogP contribution in [0, 0.1) is 5.41 Å². The molecule has 0 aliphatic heterocycles. The molecule has 0 amide bonds. The first kappa shape index (κ1) is 15.4. The molecule has 1 fully saturated rings. The van der Waals surface area contributed by atoms with Gasteiger partial charge in [-0.3, -0.25) is 0 Å². The zero-order chi connectivity index (χ0) is 14.7. The number of hydrogen-bond acceptors (Lipinski definition) is 1. The Morgan fingerprint density at radius 3 is 2.43 bits per heavy atom. The van der Waals surface area contributed by atoms with E-state index in [1.807, 2.05) is 0 Å². The van der Waals surface area contributed by atoms with E-state index in [1.165, 1.54) is 42.9 Å². The number of rotatable bonds is 4. The Morgan fingerprint density at radius 2 is 1.67 bits per heavy atom. The lowest BCUT2D eigenvalue weighted by Crippen LogP contribution is -2.32. The molecule has 0 heterocycles. The number of fused-ring (bicyclic) bond motifs is 1. The van der Waals surface area contributed by atoms with Crippen LogP contribution in [0.3, 0.4) is 0 Å². The van der Waals surface area contributed by atoms with Gasteiger partial charge in [-0.1, -0.05) is 63.3 Å². The Hall–Kier alpha value is -0.540. The van der Waals surface area contributed by atoms with Crippen molar-refractivity contribution < 1.29 is 4.74 Å². The highest BCUT2D eigenvalue weighted by Gasteiger charge is 2.31. The number of alkyl halides is 1. The average Bonchev–Trinajstić information content (AvgIpc) is 2.54. The third-order valence-electron chi connectivity index (χ3n) is 4.52. The summed E-state index contributed by atoms with van der Waals surface area (Å²) in [5, 5.41) is 3.51. The highest BCUT2D eigenvalue weighted by Crippen LogP contribution is 2.38. The maximum Gasteiger partial charge on any atom is 0.119 e. The van der Waals surface area contributed by atoms with Gasteiger partial charge in [0.2, 0.25) is 0 Å². The van der Waals surface area contributed by atoms with Gasteiger partial charge in [0.1, 0.15) is 5.75 Å². The molecule has 21 heavy (non-hydrogen) atoms. The van der Waals surface area contributed by atoms with Crippen LogP contribution < -0.4 is 4.74 Å². The summed E-state index contributed by atoms with van der Waals surface area (Å²) >= 11 is 7.22. The molecule has 1 aliphatic carbocycles. The van der Waals surface area contributed by atoms with Gasteiger partial charge in [-0.15, -0.1) is 0 Å². The van der Waals surface area contributed by atoms with Gasteiger partial charge >= 0.3 is 0 Å². The Bertz CT molecular complexity index is 618. The molecule has 1 nitrogen and oxygen atoms in total. The highest BCUT2D eigenvalue weighted by atomic mass is 79.9. The van der Waals surface area contributed by atoms with Crippen LogP contribution in [0.4, 0.5) is 0 Å².